The Morgan fingerprint density at radius 2 is 1.60 bits per heavy atom. The fourth-order valence-electron chi connectivity index (χ4n) is 3.56. The molecule has 0 heterocycles. The van der Waals surface area contributed by atoms with Crippen LogP contribution in [-0.4, -0.2) is 75.7 Å². The number of nitrogens with two attached hydrogens (primary N) is 5. The van der Waals surface area contributed by atoms with Crippen molar-refractivity contribution in [3.05, 3.63) is 39.9 Å². The van der Waals surface area contributed by atoms with Gasteiger partial charge in [0.1, 0.15) is 11.6 Å². The SMILES string of the molecule is CC(N)C(=O)N(C(=O)[C@H](C)NC(=O)[C@@H](N)CCCN=C(N)N)C(=O)[C@](C(=O)OC(C)(C)C)(c1ccc(N)cc1)[N+](=O)[O-]. The van der Waals surface area contributed by atoms with Crippen LogP contribution in [0.25, 0.3) is 0 Å². The third kappa shape index (κ3) is 8.68. The molecule has 232 valence electrons. The van der Waals surface area contributed by atoms with Crippen molar-refractivity contribution in [3.63, 3.8) is 0 Å². The Kier molecular flexibility index (Phi) is 12.1. The summed E-state index contributed by atoms with van der Waals surface area (Å²) in [6.45, 7) is 6.62. The molecule has 0 saturated carbocycles. The topological polar surface area (TPSA) is 295 Å². The van der Waals surface area contributed by atoms with E-state index in [2.05, 4.69) is 10.3 Å². The zero-order valence-electron chi connectivity index (χ0n) is 24.2. The number of nitro groups is 1. The number of nitrogens with zero attached hydrogens (tertiary/aromatic N) is 3. The molecule has 17 heteroatoms. The number of carbonyl (C=O) groups is 5. The summed E-state index contributed by atoms with van der Waals surface area (Å²) in [5.41, 5.74) is 22.5. The number of carbonyl (C=O) groups excluding carboxylic acids is 5. The fraction of sp³-hybridized carbons (Fsp3) is 0.520. The van der Waals surface area contributed by atoms with Crippen molar-refractivity contribution in [2.24, 2.45) is 27.9 Å². The molecule has 0 saturated heterocycles. The van der Waals surface area contributed by atoms with E-state index in [0.717, 1.165) is 26.0 Å². The van der Waals surface area contributed by atoms with Gasteiger partial charge >= 0.3 is 17.4 Å². The first kappa shape index (κ1) is 35.4. The van der Waals surface area contributed by atoms with Gasteiger partial charge in [0, 0.05) is 12.2 Å². The van der Waals surface area contributed by atoms with E-state index in [9.17, 15) is 34.1 Å². The highest BCUT2D eigenvalue weighted by molar-refractivity contribution is 6.21. The summed E-state index contributed by atoms with van der Waals surface area (Å²) >= 11 is 0. The summed E-state index contributed by atoms with van der Waals surface area (Å²) in [6, 6.07) is 0.106. The molecule has 4 amide bonds. The fourth-order valence-corrected chi connectivity index (χ4v) is 3.56. The highest BCUT2D eigenvalue weighted by atomic mass is 16.6. The number of aliphatic imine (C=N–C) groups is 1. The Morgan fingerprint density at radius 1 is 1.05 bits per heavy atom. The average Bonchev–Trinajstić information content (AvgIpc) is 2.86. The third-order valence-electron chi connectivity index (χ3n) is 5.67. The Labute approximate surface area is 242 Å². The van der Waals surface area contributed by atoms with Gasteiger partial charge in [-0.25, -0.2) is 9.69 Å². The zero-order valence-corrected chi connectivity index (χ0v) is 24.2. The highest BCUT2D eigenvalue weighted by Gasteiger charge is 2.66. The van der Waals surface area contributed by atoms with E-state index >= 15 is 0 Å². The first-order chi connectivity index (χ1) is 19.3. The number of rotatable bonds is 12. The number of guanidine groups is 1. The lowest BCUT2D eigenvalue weighted by Crippen LogP contribution is -2.64. The summed E-state index contributed by atoms with van der Waals surface area (Å²) in [5.74, 6) is -7.32. The van der Waals surface area contributed by atoms with Crippen LogP contribution in [0.5, 0.6) is 0 Å². The minimum atomic E-state index is -3.44. The first-order valence-electron chi connectivity index (χ1n) is 12.8. The van der Waals surface area contributed by atoms with E-state index in [4.69, 9.17) is 33.4 Å². The molecule has 0 bridgehead atoms. The maximum atomic E-state index is 14.0. The largest absolute Gasteiger partial charge is 0.454 e. The molecule has 0 aromatic heterocycles. The van der Waals surface area contributed by atoms with Crippen molar-refractivity contribution in [2.45, 2.75) is 76.7 Å². The molecule has 42 heavy (non-hydrogen) atoms. The molecule has 0 aliphatic carbocycles. The second-order valence-corrected chi connectivity index (χ2v) is 10.5. The summed E-state index contributed by atoms with van der Waals surface area (Å²) < 4.78 is 5.23. The summed E-state index contributed by atoms with van der Waals surface area (Å²) in [4.78, 5) is 81.8. The third-order valence-corrected chi connectivity index (χ3v) is 5.67. The van der Waals surface area contributed by atoms with Crippen LogP contribution in [0.15, 0.2) is 29.3 Å². The minimum Gasteiger partial charge on any atom is -0.454 e. The van der Waals surface area contributed by atoms with Crippen molar-refractivity contribution >= 4 is 41.2 Å². The second-order valence-electron chi connectivity index (χ2n) is 10.5. The number of amides is 4. The average molecular weight is 594 g/mol. The van der Waals surface area contributed by atoms with Crippen molar-refractivity contribution in [3.8, 4) is 0 Å². The molecule has 0 radical (unpaired) electrons. The van der Waals surface area contributed by atoms with Crippen LogP contribution >= 0.6 is 0 Å². The quantitative estimate of drug-likeness (QED) is 0.0228. The molecular formula is C25H39N9O8. The number of hydrogen-bond acceptors (Lipinski definition) is 12. The Bertz CT molecular complexity index is 1220. The van der Waals surface area contributed by atoms with E-state index in [0.29, 0.717) is 6.42 Å². The minimum absolute atomic E-state index is 0.102. The normalized spacial score (nSPS) is 14.7. The number of esters is 1. The van der Waals surface area contributed by atoms with E-state index < -0.39 is 69.4 Å². The maximum absolute atomic E-state index is 14.0. The van der Waals surface area contributed by atoms with Crippen molar-refractivity contribution in [2.75, 3.05) is 12.3 Å². The van der Waals surface area contributed by atoms with Crippen LogP contribution in [0, 0.1) is 10.1 Å². The van der Waals surface area contributed by atoms with Crippen LogP contribution in [0.3, 0.4) is 0 Å². The Morgan fingerprint density at radius 3 is 2.05 bits per heavy atom. The van der Waals surface area contributed by atoms with Gasteiger partial charge in [-0.15, -0.1) is 0 Å². The van der Waals surface area contributed by atoms with Gasteiger partial charge in [-0.2, -0.15) is 0 Å². The molecule has 0 aliphatic heterocycles. The molecule has 0 fully saturated rings. The second kappa shape index (κ2) is 14.3. The molecule has 17 nitrogen and oxygen atoms in total. The number of anilines is 1. The summed E-state index contributed by atoms with van der Waals surface area (Å²) in [7, 11) is 0. The molecule has 1 aromatic carbocycles. The Hall–Kier alpha value is -4.64. The van der Waals surface area contributed by atoms with E-state index in [-0.39, 0.29) is 29.5 Å². The van der Waals surface area contributed by atoms with Crippen LogP contribution in [-0.2, 0) is 34.2 Å². The van der Waals surface area contributed by atoms with Gasteiger partial charge in [0.25, 0.3) is 11.8 Å². The predicted molar refractivity (Wildman–Crippen MR) is 151 cm³/mol. The van der Waals surface area contributed by atoms with Gasteiger partial charge in [-0.1, -0.05) is 0 Å². The number of hydrogen-bond donors (Lipinski definition) is 6. The molecule has 0 spiro atoms. The van der Waals surface area contributed by atoms with Gasteiger partial charge in [-0.05, 0) is 71.7 Å². The number of nitrogen functional groups attached to an aromatic ring is 1. The monoisotopic (exact) mass is 593 g/mol. The lowest BCUT2D eigenvalue weighted by molar-refractivity contribution is -0.548. The van der Waals surface area contributed by atoms with Crippen LogP contribution in [0.2, 0.25) is 0 Å². The van der Waals surface area contributed by atoms with Crippen LogP contribution in [0.4, 0.5) is 5.69 Å². The maximum Gasteiger partial charge on any atom is 0.418 e. The molecule has 4 atom stereocenters. The standard InChI is InChI=1S/C25H39N9O8/c1-13(26)19(36)33(20(37)14(2)32-18(35)17(28)7-6-12-31-23(29)30)21(38)25(34(40)41,22(39)42-24(3,4)5)15-8-10-16(27)11-9-15/h8-11,13-14,17H,6-7,12,26-28H2,1-5H3,(H,32,35)(H4,29,30,31)/t13?,14-,17-,25-/m0/s1. The van der Waals surface area contributed by atoms with Crippen molar-refractivity contribution in [1.82, 2.24) is 10.2 Å². The first-order valence-corrected chi connectivity index (χ1v) is 12.8. The number of benzene rings is 1. The van der Waals surface area contributed by atoms with Crippen LogP contribution in [0.1, 0.15) is 53.0 Å². The van der Waals surface area contributed by atoms with Gasteiger partial charge < -0.3 is 38.7 Å². The molecule has 11 N–H and O–H groups in total. The molecule has 0 aliphatic rings. The van der Waals surface area contributed by atoms with Crippen LogP contribution < -0.4 is 34.0 Å². The van der Waals surface area contributed by atoms with E-state index in [1.165, 1.54) is 32.9 Å². The zero-order chi connectivity index (χ0) is 32.6. The summed E-state index contributed by atoms with van der Waals surface area (Å²) in [6.07, 6.45) is 0.413. The number of nitrogens with one attached hydrogen (secondary N) is 1. The van der Waals surface area contributed by atoms with Gasteiger partial charge in [0.15, 0.2) is 5.96 Å². The molecular weight excluding hydrogens is 554 g/mol. The van der Waals surface area contributed by atoms with Gasteiger partial charge in [0.05, 0.1) is 22.6 Å². The molecule has 1 unspecified atom stereocenters. The lowest BCUT2D eigenvalue weighted by atomic mass is 9.87. The van der Waals surface area contributed by atoms with Crippen molar-refractivity contribution < 1.29 is 33.6 Å². The highest BCUT2D eigenvalue weighted by Crippen LogP contribution is 2.32. The molecule has 1 rings (SSSR count). The van der Waals surface area contributed by atoms with Gasteiger partial charge in [0.2, 0.25) is 5.91 Å². The lowest BCUT2D eigenvalue weighted by Gasteiger charge is -2.32. The molecule has 1 aromatic rings. The predicted octanol–water partition coefficient (Wildman–Crippen LogP) is -1.80. The van der Waals surface area contributed by atoms with E-state index in [1.807, 2.05) is 0 Å². The number of imide groups is 3. The smallest absolute Gasteiger partial charge is 0.418 e. The van der Waals surface area contributed by atoms with E-state index in [1.54, 1.807) is 0 Å². The van der Waals surface area contributed by atoms with Gasteiger partial charge in [-0.3, -0.25) is 34.3 Å². The number of ether oxygens (including phenoxy) is 1. The Balaban J connectivity index is 3.59. The summed E-state index contributed by atoms with van der Waals surface area (Å²) in [5, 5.41) is 14.9. The van der Waals surface area contributed by atoms with Crippen molar-refractivity contribution in [1.29, 1.82) is 0 Å².